The fourth-order valence-electron chi connectivity index (χ4n) is 8.16. The first-order valence-electron chi connectivity index (χ1n) is 8.03. The number of carbonyl (C=O) groups is 1. The molecule has 7 rings (SSSR count). The molecule has 0 aromatic carbocycles. The van der Waals surface area contributed by atoms with Crippen LogP contribution in [-0.2, 0) is 25.5 Å². The zero-order valence-electron chi connectivity index (χ0n) is 12.7. The van der Waals surface area contributed by atoms with Crippen molar-refractivity contribution in [2.45, 2.75) is 43.7 Å². The molecule has 0 aromatic heterocycles. The summed E-state index contributed by atoms with van der Waals surface area (Å²) in [4.78, 5) is 12.3. The van der Waals surface area contributed by atoms with Crippen LogP contribution < -0.4 is 28.6 Å². The summed E-state index contributed by atoms with van der Waals surface area (Å²) in [5, 5.41) is 2.55. The largest absolute Gasteiger partial charge is 1.00 e. The van der Waals surface area contributed by atoms with E-state index in [0.29, 0.717) is 11.3 Å². The van der Waals surface area contributed by atoms with Gasteiger partial charge in [0.2, 0.25) is 0 Å². The molecule has 1 heterocycles. The van der Waals surface area contributed by atoms with Crippen LogP contribution in [0, 0.1) is 28.1 Å². The van der Waals surface area contributed by atoms with Gasteiger partial charge in [-0.15, -0.1) is 0 Å². The quantitative estimate of drug-likeness (QED) is 0.492. The Morgan fingerprint density at radius 3 is 2.64 bits per heavy atom. The molecule has 2 spiro atoms. The Kier molecular flexibility index (Phi) is 2.83. The molecule has 1 aliphatic heterocycles. The Hall–Kier alpha value is 0.591. The van der Waals surface area contributed by atoms with E-state index in [1.54, 1.807) is 5.17 Å². The molecule has 1 amide bonds. The molecule has 2 bridgehead atoms. The SMILES string of the molecule is CCC1=[Si](C23CCC4(C(=O)[NH][Ti+2])C5C46C2C536)C(C)C=C1.[Cl-].[Cl-]. The molecule has 6 fully saturated rings. The van der Waals surface area contributed by atoms with Crippen molar-refractivity contribution in [1.82, 2.24) is 3.80 Å². The zero-order valence-corrected chi connectivity index (χ0v) is 16.7. The Balaban J connectivity index is 0.000000625. The van der Waals surface area contributed by atoms with Crippen LogP contribution in [0.3, 0.4) is 0 Å². The normalized spacial score (nSPS) is 58.8. The van der Waals surface area contributed by atoms with E-state index in [2.05, 4.69) is 29.8 Å². The molecule has 0 saturated heterocycles. The third-order valence-electron chi connectivity index (χ3n) is 8.32. The maximum Gasteiger partial charge on any atom is -1.00 e. The first kappa shape index (κ1) is 16.1. The minimum Gasteiger partial charge on any atom is -1.00 e. The summed E-state index contributed by atoms with van der Waals surface area (Å²) in [6.45, 7) is 4.80. The Bertz CT molecular complexity index is 710. The first-order valence-corrected chi connectivity index (χ1v) is 10.4. The molecule has 6 saturated carbocycles. The second kappa shape index (κ2) is 3.88. The predicted molar refractivity (Wildman–Crippen MR) is 74.0 cm³/mol. The minimum absolute atomic E-state index is 0. The molecule has 0 radical (unpaired) electrons. The molecule has 22 heavy (non-hydrogen) atoms. The standard InChI is InChI=1S/C16H19NOSi.2ClH.Ti/c1-3-9-5-4-8(2)19(9)14-7-6-13(12(17)18)10-15(13)11(14)16(10,14)15;;;/h4-5,8,10-11H,3,6-7H2,1-2H3,(H2,17,18);2*1H;/q;;;+3/p-3. The van der Waals surface area contributed by atoms with Gasteiger partial charge in [0.25, 0.3) is 0 Å². The minimum atomic E-state index is -0.364. The van der Waals surface area contributed by atoms with Crippen molar-refractivity contribution in [3.05, 3.63) is 12.2 Å². The number of allylic oxidation sites excluding steroid dienone is 2. The Morgan fingerprint density at radius 2 is 2.09 bits per heavy atom. The number of amides is 1. The second-order valence-corrected chi connectivity index (χ2v) is 11.6. The maximum atomic E-state index is 12.3. The smallest absolute Gasteiger partial charge is 1.00 e. The summed E-state index contributed by atoms with van der Waals surface area (Å²) < 4.78 is 2.96. The van der Waals surface area contributed by atoms with Gasteiger partial charge in [-0.3, -0.25) is 0 Å². The average molecular weight is 387 g/mol. The maximum absolute atomic E-state index is 12.3. The van der Waals surface area contributed by atoms with E-state index in [0.717, 1.165) is 27.8 Å². The van der Waals surface area contributed by atoms with E-state index in [4.69, 9.17) is 0 Å². The third-order valence-corrected chi connectivity index (χ3v) is 12.9. The number of rotatable bonds is 3. The molecular formula is C16H18Cl2NOSiTi. The van der Waals surface area contributed by atoms with Gasteiger partial charge in [-0.1, -0.05) is 0 Å². The molecule has 7 aliphatic rings. The summed E-state index contributed by atoms with van der Waals surface area (Å²) in [5.74, 6) is 2.18. The number of hydrogen-bond acceptors (Lipinski definition) is 1. The van der Waals surface area contributed by atoms with Crippen molar-refractivity contribution >= 4 is 19.5 Å². The van der Waals surface area contributed by atoms with Gasteiger partial charge < -0.3 is 24.8 Å². The number of hydrogen-bond donors (Lipinski definition) is 1. The van der Waals surface area contributed by atoms with E-state index < -0.39 is 0 Å². The van der Waals surface area contributed by atoms with Gasteiger partial charge in [-0.05, 0) is 0 Å². The number of halogens is 2. The molecule has 0 aromatic rings. The summed E-state index contributed by atoms with van der Waals surface area (Å²) >= 11 is 1.83. The summed E-state index contributed by atoms with van der Waals surface area (Å²) in [5.41, 5.74) is 2.26. The van der Waals surface area contributed by atoms with Crippen LogP contribution in [0.15, 0.2) is 12.2 Å². The second-order valence-electron chi connectivity index (χ2n) is 7.94. The van der Waals surface area contributed by atoms with Gasteiger partial charge in [0.1, 0.15) is 0 Å². The topological polar surface area (TPSA) is 29.1 Å². The Morgan fingerprint density at radius 1 is 1.36 bits per heavy atom. The summed E-state index contributed by atoms with van der Waals surface area (Å²) in [6.07, 6.45) is 8.78. The van der Waals surface area contributed by atoms with E-state index in [9.17, 15) is 4.79 Å². The van der Waals surface area contributed by atoms with Gasteiger partial charge in [-0.25, -0.2) is 0 Å². The number of nitrogens with one attached hydrogen (secondary N) is 1. The van der Waals surface area contributed by atoms with Crippen molar-refractivity contribution in [3.8, 4) is 0 Å². The van der Waals surface area contributed by atoms with Gasteiger partial charge in [-0.2, -0.15) is 0 Å². The van der Waals surface area contributed by atoms with Crippen LogP contribution in [0.1, 0.15) is 33.1 Å². The van der Waals surface area contributed by atoms with Gasteiger partial charge in [0, 0.05) is 0 Å². The molecule has 115 valence electrons. The van der Waals surface area contributed by atoms with E-state index in [1.807, 2.05) is 20.7 Å². The van der Waals surface area contributed by atoms with Crippen molar-refractivity contribution < 1.29 is 50.3 Å². The van der Waals surface area contributed by atoms with E-state index in [1.165, 1.54) is 19.3 Å². The van der Waals surface area contributed by atoms with Gasteiger partial charge in [0.15, 0.2) is 0 Å². The van der Waals surface area contributed by atoms with Crippen molar-refractivity contribution in [2.24, 2.45) is 28.1 Å². The molecule has 1 N–H and O–H groups in total. The van der Waals surface area contributed by atoms with Crippen molar-refractivity contribution in [1.29, 1.82) is 0 Å². The number of carbonyl (C=O) groups excluding carboxylic acids is 1. The van der Waals surface area contributed by atoms with Gasteiger partial charge >= 0.3 is 133 Å². The number of fused-ring (bicyclic) bond motifs is 1. The molecular weight excluding hydrogens is 369 g/mol. The van der Waals surface area contributed by atoms with Crippen LogP contribution in [-0.4, -0.2) is 19.5 Å². The average Bonchev–Trinajstić information content (AvgIpc) is 3.36. The fraction of sp³-hybridized carbons (Fsp3) is 0.750. The monoisotopic (exact) mass is 386 g/mol. The molecule has 2 nitrogen and oxygen atoms in total. The predicted octanol–water partition coefficient (Wildman–Crippen LogP) is -4.03. The molecule has 6 aliphatic carbocycles. The molecule has 7 atom stereocenters. The van der Waals surface area contributed by atoms with Crippen molar-refractivity contribution in [2.75, 3.05) is 0 Å². The first-order chi connectivity index (χ1) is 9.64. The molecule has 6 heteroatoms. The van der Waals surface area contributed by atoms with Crippen molar-refractivity contribution in [3.63, 3.8) is 0 Å². The van der Waals surface area contributed by atoms with Crippen LogP contribution >= 0.6 is 0 Å². The van der Waals surface area contributed by atoms with Crippen LogP contribution in [0.5, 0.6) is 0 Å². The fourth-order valence-corrected chi connectivity index (χ4v) is 13.5. The summed E-state index contributed by atoms with van der Waals surface area (Å²) in [7, 11) is -0.364. The van der Waals surface area contributed by atoms with E-state index >= 15 is 0 Å². The zero-order chi connectivity index (χ0) is 13.7. The van der Waals surface area contributed by atoms with Crippen LogP contribution in [0.4, 0.5) is 0 Å². The third kappa shape index (κ3) is 0.942. The van der Waals surface area contributed by atoms with Crippen LogP contribution in [0.2, 0.25) is 10.6 Å². The van der Waals surface area contributed by atoms with E-state index in [-0.39, 0.29) is 38.6 Å². The Labute approximate surface area is 157 Å². The van der Waals surface area contributed by atoms with Crippen LogP contribution in [0.25, 0.3) is 0 Å². The van der Waals surface area contributed by atoms with Gasteiger partial charge in [0.05, 0.1) is 0 Å². The molecule has 7 unspecified atom stereocenters. The summed E-state index contributed by atoms with van der Waals surface area (Å²) in [6, 6.07) is 0.